The number of thioether (sulfide) groups is 1. The summed E-state index contributed by atoms with van der Waals surface area (Å²) in [6, 6.07) is 19.0. The fourth-order valence-corrected chi connectivity index (χ4v) is 3.02. The number of nitrogens with one attached hydrogen (secondary N) is 1. The molecule has 0 spiro atoms. The van der Waals surface area contributed by atoms with E-state index in [0.29, 0.717) is 16.8 Å². The van der Waals surface area contributed by atoms with Crippen LogP contribution in [0.25, 0.3) is 22.7 Å². The molecule has 0 bridgehead atoms. The van der Waals surface area contributed by atoms with Crippen molar-refractivity contribution in [3.63, 3.8) is 0 Å². The second-order valence-electron chi connectivity index (χ2n) is 6.02. The Bertz CT molecular complexity index is 1070. The Morgan fingerprint density at radius 1 is 1.04 bits per heavy atom. The van der Waals surface area contributed by atoms with Gasteiger partial charge in [0.1, 0.15) is 5.69 Å². The Balaban J connectivity index is 1.33. The highest BCUT2D eigenvalue weighted by Gasteiger charge is 2.13. The topological polar surface area (TPSA) is 94.1 Å². The molecule has 0 aliphatic carbocycles. The Hall–Kier alpha value is -3.39. The largest absolute Gasteiger partial charge is 0.411 e. The van der Waals surface area contributed by atoms with Crippen molar-refractivity contribution in [3.05, 3.63) is 66.2 Å². The summed E-state index contributed by atoms with van der Waals surface area (Å²) in [6.45, 7) is 2.02. The molecular formula is C20H16N4O3S. The first-order chi connectivity index (χ1) is 13.7. The number of nitrogens with zero attached hydrogens (tertiary/aromatic N) is 3. The van der Waals surface area contributed by atoms with Gasteiger partial charge in [-0.25, -0.2) is 0 Å². The van der Waals surface area contributed by atoms with Crippen molar-refractivity contribution in [3.8, 4) is 22.7 Å². The van der Waals surface area contributed by atoms with Crippen LogP contribution >= 0.6 is 11.8 Å². The number of hydrogen-bond donors (Lipinski definition) is 1. The van der Waals surface area contributed by atoms with E-state index in [0.717, 1.165) is 28.5 Å². The van der Waals surface area contributed by atoms with Gasteiger partial charge in [-0.2, -0.15) is 0 Å². The first-order valence-electron chi connectivity index (χ1n) is 8.53. The summed E-state index contributed by atoms with van der Waals surface area (Å²) >= 11 is 1.15. The Morgan fingerprint density at radius 3 is 2.61 bits per heavy atom. The van der Waals surface area contributed by atoms with Crippen molar-refractivity contribution < 1.29 is 13.7 Å². The molecule has 2 heterocycles. The molecule has 0 aliphatic heterocycles. The molecule has 1 N–H and O–H groups in total. The van der Waals surface area contributed by atoms with Crippen LogP contribution in [0.2, 0.25) is 0 Å². The summed E-state index contributed by atoms with van der Waals surface area (Å²) in [6.07, 6.45) is 0. The van der Waals surface area contributed by atoms with Crippen LogP contribution in [0.1, 0.15) is 5.56 Å². The lowest BCUT2D eigenvalue weighted by atomic mass is 10.1. The highest BCUT2D eigenvalue weighted by molar-refractivity contribution is 7.99. The SMILES string of the molecule is Cc1ccc(-c2cc(NC(=O)CSc3nnc(-c4ccccc4)o3)on2)cc1. The lowest BCUT2D eigenvalue weighted by Gasteiger charge is -1.98. The van der Waals surface area contributed by atoms with Crippen LogP contribution in [0.15, 0.2) is 74.8 Å². The number of amides is 1. The minimum absolute atomic E-state index is 0.108. The summed E-state index contributed by atoms with van der Waals surface area (Å²) in [5.41, 5.74) is 3.57. The first kappa shape index (κ1) is 18.0. The quantitative estimate of drug-likeness (QED) is 0.485. The summed E-state index contributed by atoms with van der Waals surface area (Å²) in [5, 5.41) is 14.9. The van der Waals surface area contributed by atoms with Crippen molar-refractivity contribution >= 4 is 23.6 Å². The average molecular weight is 392 g/mol. The van der Waals surface area contributed by atoms with Gasteiger partial charge in [-0.1, -0.05) is 64.9 Å². The van der Waals surface area contributed by atoms with Gasteiger partial charge in [-0.15, -0.1) is 10.2 Å². The van der Waals surface area contributed by atoms with Gasteiger partial charge in [0.2, 0.25) is 17.7 Å². The molecule has 28 heavy (non-hydrogen) atoms. The van der Waals surface area contributed by atoms with E-state index in [2.05, 4.69) is 20.7 Å². The summed E-state index contributed by atoms with van der Waals surface area (Å²) in [7, 11) is 0. The maximum absolute atomic E-state index is 12.1. The highest BCUT2D eigenvalue weighted by atomic mass is 32.2. The van der Waals surface area contributed by atoms with Crippen molar-refractivity contribution in [2.45, 2.75) is 12.1 Å². The molecule has 0 unspecified atom stereocenters. The van der Waals surface area contributed by atoms with E-state index < -0.39 is 0 Å². The van der Waals surface area contributed by atoms with Crippen molar-refractivity contribution in [1.82, 2.24) is 15.4 Å². The zero-order valence-corrected chi connectivity index (χ0v) is 15.8. The molecule has 4 aromatic rings. The second kappa shape index (κ2) is 8.10. The molecule has 2 aromatic carbocycles. The lowest BCUT2D eigenvalue weighted by Crippen LogP contribution is -2.13. The second-order valence-corrected chi connectivity index (χ2v) is 6.95. The number of hydrogen-bond acceptors (Lipinski definition) is 7. The number of benzene rings is 2. The third-order valence-corrected chi connectivity index (χ3v) is 4.69. The van der Waals surface area contributed by atoms with E-state index in [1.54, 1.807) is 6.07 Å². The maximum atomic E-state index is 12.1. The number of aryl methyl sites for hydroxylation is 1. The van der Waals surface area contributed by atoms with Crippen molar-refractivity contribution in [2.75, 3.05) is 11.1 Å². The first-order valence-corrected chi connectivity index (χ1v) is 9.51. The third kappa shape index (κ3) is 4.29. The summed E-state index contributed by atoms with van der Waals surface area (Å²) < 4.78 is 10.8. The smallest absolute Gasteiger partial charge is 0.277 e. The molecule has 7 nitrogen and oxygen atoms in total. The molecule has 140 valence electrons. The van der Waals surface area contributed by atoms with Gasteiger partial charge in [-0.05, 0) is 19.1 Å². The van der Waals surface area contributed by atoms with Gasteiger partial charge in [0, 0.05) is 17.2 Å². The fourth-order valence-electron chi connectivity index (χ4n) is 2.46. The third-order valence-electron chi connectivity index (χ3n) is 3.87. The van der Waals surface area contributed by atoms with Crippen LogP contribution in [0.4, 0.5) is 5.88 Å². The standard InChI is InChI=1S/C20H16N4O3S/c1-13-7-9-14(10-8-13)16-11-18(27-24-16)21-17(25)12-28-20-23-22-19(26-20)15-5-3-2-4-6-15/h2-11H,12H2,1H3,(H,21,25). The maximum Gasteiger partial charge on any atom is 0.277 e. The zero-order valence-electron chi connectivity index (χ0n) is 15.0. The molecule has 0 fully saturated rings. The molecule has 1 amide bonds. The molecule has 2 aromatic heterocycles. The summed E-state index contributed by atoms with van der Waals surface area (Å²) in [4.78, 5) is 12.1. The summed E-state index contributed by atoms with van der Waals surface area (Å²) in [5.74, 6) is 0.561. The number of carbonyl (C=O) groups excluding carboxylic acids is 1. The van der Waals surface area contributed by atoms with E-state index in [1.165, 1.54) is 0 Å². The van der Waals surface area contributed by atoms with E-state index in [1.807, 2.05) is 61.5 Å². The van der Waals surface area contributed by atoms with Gasteiger partial charge in [-0.3, -0.25) is 10.1 Å². The minimum Gasteiger partial charge on any atom is -0.411 e. The van der Waals surface area contributed by atoms with Crippen LogP contribution in [0, 0.1) is 6.92 Å². The van der Waals surface area contributed by atoms with Gasteiger partial charge < -0.3 is 8.94 Å². The zero-order chi connectivity index (χ0) is 19.3. The number of anilines is 1. The number of aromatic nitrogens is 3. The van der Waals surface area contributed by atoms with Crippen LogP contribution in [0.3, 0.4) is 0 Å². The predicted octanol–water partition coefficient (Wildman–Crippen LogP) is 4.43. The fraction of sp³-hybridized carbons (Fsp3) is 0.100. The van der Waals surface area contributed by atoms with E-state index in [-0.39, 0.29) is 17.5 Å². The molecule has 4 rings (SSSR count). The minimum atomic E-state index is -0.254. The molecule has 0 atom stereocenters. The highest BCUT2D eigenvalue weighted by Crippen LogP contribution is 2.24. The normalized spacial score (nSPS) is 10.8. The Morgan fingerprint density at radius 2 is 1.82 bits per heavy atom. The van der Waals surface area contributed by atoms with Crippen LogP contribution < -0.4 is 5.32 Å². The van der Waals surface area contributed by atoms with Gasteiger partial charge >= 0.3 is 0 Å². The molecule has 0 aliphatic rings. The van der Waals surface area contributed by atoms with Crippen molar-refractivity contribution in [1.29, 1.82) is 0 Å². The van der Waals surface area contributed by atoms with Crippen LogP contribution in [-0.4, -0.2) is 27.0 Å². The molecule has 0 saturated carbocycles. The Labute approximate surface area is 165 Å². The molecule has 0 saturated heterocycles. The number of carbonyl (C=O) groups is 1. The van der Waals surface area contributed by atoms with E-state index in [9.17, 15) is 4.79 Å². The average Bonchev–Trinajstić information content (AvgIpc) is 3.37. The van der Waals surface area contributed by atoms with Crippen molar-refractivity contribution in [2.24, 2.45) is 0 Å². The molecular weight excluding hydrogens is 376 g/mol. The van der Waals surface area contributed by atoms with Gasteiger partial charge in [0.15, 0.2) is 0 Å². The molecule has 8 heteroatoms. The molecule has 0 radical (unpaired) electrons. The van der Waals surface area contributed by atoms with Crippen LogP contribution in [0.5, 0.6) is 0 Å². The Kier molecular flexibility index (Phi) is 5.20. The number of rotatable bonds is 6. The van der Waals surface area contributed by atoms with Crippen LogP contribution in [-0.2, 0) is 4.79 Å². The van der Waals surface area contributed by atoms with Gasteiger partial charge in [0.05, 0.1) is 5.75 Å². The van der Waals surface area contributed by atoms with Gasteiger partial charge in [0.25, 0.3) is 5.22 Å². The monoisotopic (exact) mass is 392 g/mol. The predicted molar refractivity (Wildman–Crippen MR) is 106 cm³/mol. The van der Waals surface area contributed by atoms with E-state index >= 15 is 0 Å². The lowest BCUT2D eigenvalue weighted by molar-refractivity contribution is -0.113. The van der Waals surface area contributed by atoms with E-state index in [4.69, 9.17) is 8.94 Å².